The van der Waals surface area contributed by atoms with Crippen LogP contribution in [0.5, 0.6) is 0 Å². The zero-order valence-electron chi connectivity index (χ0n) is 29.3. The Bertz CT molecular complexity index is 1740. The summed E-state index contributed by atoms with van der Waals surface area (Å²) in [4.78, 5) is 24.6. The second-order valence-electron chi connectivity index (χ2n) is 12.8. The van der Waals surface area contributed by atoms with Gasteiger partial charge in [0.25, 0.3) is 11.8 Å². The van der Waals surface area contributed by atoms with Crippen LogP contribution in [0.4, 0.5) is 17.6 Å². The first kappa shape index (κ1) is 41.2. The molecule has 3 aromatic carbocycles. The van der Waals surface area contributed by atoms with Crippen molar-refractivity contribution in [3.05, 3.63) is 64.7 Å². The number of hydroxylamine groups is 2. The number of hydrogen-bond donors (Lipinski definition) is 0. The molecule has 0 spiro atoms. The molecule has 1 aliphatic rings. The molecular weight excluding hydrogens is 723 g/mol. The lowest BCUT2D eigenvalue weighted by Crippen LogP contribution is -2.42. The second kappa shape index (κ2) is 20.0. The first-order valence-electron chi connectivity index (χ1n) is 18.1. The van der Waals surface area contributed by atoms with Crippen LogP contribution in [0.15, 0.2) is 45.0 Å². The number of benzene rings is 3. The van der Waals surface area contributed by atoms with E-state index in [-0.39, 0.29) is 27.3 Å². The van der Waals surface area contributed by atoms with Crippen molar-refractivity contribution < 1.29 is 39.9 Å². The molecule has 1 heterocycles. The summed E-state index contributed by atoms with van der Waals surface area (Å²) < 4.78 is 91.5. The third-order valence-corrected chi connectivity index (χ3v) is 12.4. The summed E-state index contributed by atoms with van der Waals surface area (Å²) in [6.07, 6.45) is 17.1. The largest absolute Gasteiger partial charge is 0.324 e. The van der Waals surface area contributed by atoms with Gasteiger partial charge in [-0.3, -0.25) is 9.59 Å². The molecule has 3 aromatic rings. The van der Waals surface area contributed by atoms with Gasteiger partial charge in [0, 0.05) is 10.3 Å². The van der Waals surface area contributed by atoms with Gasteiger partial charge in [-0.25, -0.2) is 17.6 Å². The van der Waals surface area contributed by atoms with Gasteiger partial charge in [0.05, 0.1) is 16.0 Å². The van der Waals surface area contributed by atoms with Gasteiger partial charge < -0.3 is 0 Å². The minimum atomic E-state index is -5.76. The Hall–Kier alpha value is -2.61. The van der Waals surface area contributed by atoms with Crippen molar-refractivity contribution in [1.82, 2.24) is 5.06 Å². The minimum Gasteiger partial charge on any atom is -0.266 e. The van der Waals surface area contributed by atoms with Crippen molar-refractivity contribution in [2.45, 2.75) is 131 Å². The van der Waals surface area contributed by atoms with E-state index in [0.29, 0.717) is 23.6 Å². The molecule has 1 aliphatic heterocycles. The van der Waals surface area contributed by atoms with E-state index >= 15 is 17.6 Å². The minimum absolute atomic E-state index is 0.0728. The summed E-state index contributed by atoms with van der Waals surface area (Å²) in [5.41, 5.74) is -0.146. The summed E-state index contributed by atoms with van der Waals surface area (Å²) in [6, 6.07) is 7.78. The van der Waals surface area contributed by atoms with Crippen LogP contribution in [-0.4, -0.2) is 36.8 Å². The van der Waals surface area contributed by atoms with Crippen LogP contribution < -0.4 is 0 Å². The first-order chi connectivity index (χ1) is 24.5. The Morgan fingerprint density at radius 3 is 1.61 bits per heavy atom. The van der Waals surface area contributed by atoms with E-state index in [1.165, 1.54) is 50.7 Å². The van der Waals surface area contributed by atoms with Crippen LogP contribution in [-0.2, 0) is 14.4 Å². The highest BCUT2D eigenvalue weighted by atomic mass is 32.2. The highest BCUT2D eigenvalue weighted by Crippen LogP contribution is 2.39. The van der Waals surface area contributed by atoms with E-state index in [9.17, 15) is 18.0 Å². The number of imide groups is 1. The topological polar surface area (TPSA) is 80.8 Å². The van der Waals surface area contributed by atoms with E-state index in [2.05, 4.69) is 13.8 Å². The summed E-state index contributed by atoms with van der Waals surface area (Å²) in [5.74, 6) is -9.63. The monoisotopic (exact) mass is 769 g/mol. The lowest BCUT2D eigenvalue weighted by atomic mass is 9.95. The quantitative estimate of drug-likeness (QED) is 0.0312. The van der Waals surface area contributed by atoms with Crippen LogP contribution in [0.2, 0.25) is 0 Å². The Labute approximate surface area is 307 Å². The lowest BCUT2D eigenvalue weighted by Gasteiger charge is -2.26. The predicted octanol–water partition coefficient (Wildman–Crippen LogP) is 11.8. The number of halogens is 4. The van der Waals surface area contributed by atoms with E-state index < -0.39 is 55.0 Å². The number of nitrogens with zero attached hydrogens (tertiary/aromatic N) is 1. The molecule has 0 unspecified atom stereocenters. The number of amides is 2. The van der Waals surface area contributed by atoms with Gasteiger partial charge in [-0.15, -0.1) is 32.9 Å². The van der Waals surface area contributed by atoms with E-state index in [1.807, 2.05) is 0 Å². The fraction of sp³-hybridized carbons (Fsp3) is 0.526. The van der Waals surface area contributed by atoms with Gasteiger partial charge in [-0.1, -0.05) is 116 Å². The maximum Gasteiger partial charge on any atom is 0.324 e. The molecule has 4 rings (SSSR count). The van der Waals surface area contributed by atoms with Crippen molar-refractivity contribution in [1.29, 1.82) is 0 Å². The number of rotatable bonds is 23. The van der Waals surface area contributed by atoms with Gasteiger partial charge in [-0.2, -0.15) is 8.42 Å². The molecule has 0 aromatic heterocycles. The van der Waals surface area contributed by atoms with Crippen LogP contribution in [0.3, 0.4) is 0 Å². The van der Waals surface area contributed by atoms with Gasteiger partial charge in [0.15, 0.2) is 28.2 Å². The second-order valence-corrected chi connectivity index (χ2v) is 16.5. The predicted molar refractivity (Wildman–Crippen MR) is 196 cm³/mol. The molecule has 51 heavy (non-hydrogen) atoms. The average molecular weight is 770 g/mol. The Morgan fingerprint density at radius 2 is 1.08 bits per heavy atom. The van der Waals surface area contributed by atoms with Crippen molar-refractivity contribution in [3.8, 4) is 0 Å². The van der Waals surface area contributed by atoms with Crippen LogP contribution in [0.1, 0.15) is 137 Å². The Kier molecular flexibility index (Phi) is 16.1. The van der Waals surface area contributed by atoms with Crippen LogP contribution >= 0.6 is 23.5 Å². The van der Waals surface area contributed by atoms with Crippen molar-refractivity contribution in [2.24, 2.45) is 0 Å². The summed E-state index contributed by atoms with van der Waals surface area (Å²) in [6.45, 7) is 4.32. The molecule has 0 fully saturated rings. The van der Waals surface area contributed by atoms with Crippen LogP contribution in [0, 0.1) is 23.3 Å². The molecule has 0 aliphatic carbocycles. The fourth-order valence-corrected chi connectivity index (χ4v) is 9.21. The molecule has 13 heteroatoms. The molecular formula is C38H47F4NO5S3. The number of carbonyl (C=O) groups is 2. The molecule has 0 saturated carbocycles. The highest BCUT2D eigenvalue weighted by molar-refractivity contribution is 7.99. The average Bonchev–Trinajstić information content (AvgIpc) is 3.11. The zero-order valence-corrected chi connectivity index (χ0v) is 31.8. The molecule has 0 saturated heterocycles. The third kappa shape index (κ3) is 10.3. The SMILES string of the molecule is CCCCCCCCCCCCSc1c(F)c(F)c(S(=O)(=O)ON2C(=O)c3cccc4c(SCCCCCCCC)ccc(c34)C2=O)c(F)c1F. The third-order valence-electron chi connectivity index (χ3n) is 8.94. The molecule has 6 nitrogen and oxygen atoms in total. The van der Waals surface area contributed by atoms with Gasteiger partial charge >= 0.3 is 10.1 Å². The summed E-state index contributed by atoms with van der Waals surface area (Å²) in [7, 11) is -5.76. The maximum atomic E-state index is 15.2. The molecule has 0 N–H and O–H groups in total. The number of hydrogen-bond acceptors (Lipinski definition) is 7. The van der Waals surface area contributed by atoms with E-state index in [1.54, 1.807) is 30.0 Å². The molecule has 0 bridgehead atoms. The first-order valence-corrected chi connectivity index (χ1v) is 21.4. The normalized spacial score (nSPS) is 13.2. The molecule has 2 amide bonds. The van der Waals surface area contributed by atoms with Gasteiger partial charge in [0.1, 0.15) is 0 Å². The number of carbonyl (C=O) groups excluding carboxylic acids is 2. The van der Waals surface area contributed by atoms with E-state index in [0.717, 1.165) is 68.4 Å². The number of unbranched alkanes of at least 4 members (excludes halogenated alkanes) is 14. The molecule has 0 atom stereocenters. The Morgan fingerprint density at radius 1 is 0.608 bits per heavy atom. The molecule has 0 radical (unpaired) electrons. The smallest absolute Gasteiger partial charge is 0.266 e. The standard InChI is InChI=1S/C38H47F4NO5S3/c1-3-5-7-9-11-12-13-14-16-18-25-50-35-31(39)33(41)36(34(42)32(35)40)51(46,47)48-43-37(44)27-21-19-20-26-29(23-22-28(30(26)27)38(43)45)49-24-17-15-10-8-6-4-2/h19-23H,3-18,24-25H2,1-2H3. The highest BCUT2D eigenvalue weighted by Gasteiger charge is 2.41. The van der Waals surface area contributed by atoms with Gasteiger partial charge in [0.2, 0.25) is 0 Å². The Balaban J connectivity index is 1.43. The van der Waals surface area contributed by atoms with Crippen molar-refractivity contribution in [3.63, 3.8) is 0 Å². The lowest BCUT2D eigenvalue weighted by molar-refractivity contribution is -0.0159. The van der Waals surface area contributed by atoms with Crippen LogP contribution in [0.25, 0.3) is 10.8 Å². The zero-order chi connectivity index (χ0) is 37.0. The summed E-state index contributed by atoms with van der Waals surface area (Å²) in [5, 5.41) is 0.756. The van der Waals surface area contributed by atoms with Crippen molar-refractivity contribution in [2.75, 3.05) is 11.5 Å². The summed E-state index contributed by atoms with van der Waals surface area (Å²) >= 11 is 2.13. The molecule has 280 valence electrons. The maximum absolute atomic E-state index is 15.2. The number of thioether (sulfide) groups is 2. The fourth-order valence-electron chi connectivity index (χ4n) is 6.14. The van der Waals surface area contributed by atoms with Crippen molar-refractivity contribution >= 4 is 56.2 Å². The van der Waals surface area contributed by atoms with E-state index in [4.69, 9.17) is 4.28 Å². The van der Waals surface area contributed by atoms with Gasteiger partial charge in [-0.05, 0) is 47.9 Å².